The predicted molar refractivity (Wildman–Crippen MR) is 71.2 cm³/mol. The second-order valence-corrected chi connectivity index (χ2v) is 5.93. The monoisotopic (exact) mass is 300 g/mol. The van der Waals surface area contributed by atoms with Gasteiger partial charge in [0.1, 0.15) is 11.0 Å². The Kier molecular flexibility index (Phi) is 3.73. The minimum absolute atomic E-state index is 0.0264. The Hall–Kier alpha value is -1.66. The lowest BCUT2D eigenvalue weighted by molar-refractivity contribution is 0.599. The van der Waals surface area contributed by atoms with Gasteiger partial charge >= 0.3 is 0 Å². The maximum atomic E-state index is 12.8. The van der Waals surface area contributed by atoms with E-state index < -0.39 is 15.8 Å². The summed E-state index contributed by atoms with van der Waals surface area (Å²) in [6.07, 6.45) is 1.32. The average molecular weight is 301 g/mol. The molecule has 0 aliphatic rings. The SMILES string of the molecule is Cc1cc(NS(=O)(=O)c2ccc(F)cc2)cnc1Cl. The number of hydrogen-bond donors (Lipinski definition) is 1. The van der Waals surface area contributed by atoms with E-state index in [0.717, 1.165) is 12.1 Å². The van der Waals surface area contributed by atoms with Gasteiger partial charge in [-0.2, -0.15) is 0 Å². The van der Waals surface area contributed by atoms with Gasteiger partial charge in [-0.3, -0.25) is 4.72 Å². The van der Waals surface area contributed by atoms with Crippen LogP contribution in [0.4, 0.5) is 10.1 Å². The highest BCUT2D eigenvalue weighted by Crippen LogP contribution is 2.19. The van der Waals surface area contributed by atoms with Crippen molar-refractivity contribution in [3.8, 4) is 0 Å². The van der Waals surface area contributed by atoms with Gasteiger partial charge in [-0.25, -0.2) is 17.8 Å². The highest BCUT2D eigenvalue weighted by atomic mass is 35.5. The van der Waals surface area contributed by atoms with E-state index in [0.29, 0.717) is 16.4 Å². The number of nitrogens with one attached hydrogen (secondary N) is 1. The van der Waals surface area contributed by atoms with Crippen LogP contribution in [0.15, 0.2) is 41.4 Å². The Balaban J connectivity index is 2.30. The standard InChI is InChI=1S/C12H10ClFN2O2S/c1-8-6-10(7-15-12(8)13)16-19(17,18)11-4-2-9(14)3-5-11/h2-7,16H,1H3. The van der Waals surface area contributed by atoms with Crippen molar-refractivity contribution in [2.75, 3.05) is 4.72 Å². The second-order valence-electron chi connectivity index (χ2n) is 3.89. The van der Waals surface area contributed by atoms with Crippen molar-refractivity contribution in [2.24, 2.45) is 0 Å². The first-order valence-corrected chi connectivity index (χ1v) is 7.15. The number of hydrogen-bond acceptors (Lipinski definition) is 3. The summed E-state index contributed by atoms with van der Waals surface area (Å²) in [5, 5.41) is 0.310. The summed E-state index contributed by atoms with van der Waals surface area (Å²) in [5.41, 5.74) is 0.951. The number of aromatic nitrogens is 1. The molecule has 0 aliphatic carbocycles. The fourth-order valence-corrected chi connectivity index (χ4v) is 2.58. The first kappa shape index (κ1) is 13.8. The van der Waals surface area contributed by atoms with Gasteiger partial charge in [0, 0.05) is 0 Å². The van der Waals surface area contributed by atoms with Crippen LogP contribution in [0, 0.1) is 12.7 Å². The van der Waals surface area contributed by atoms with Crippen molar-refractivity contribution in [3.63, 3.8) is 0 Å². The molecule has 4 nitrogen and oxygen atoms in total. The van der Waals surface area contributed by atoms with E-state index in [1.54, 1.807) is 13.0 Å². The first-order valence-electron chi connectivity index (χ1n) is 5.29. The topological polar surface area (TPSA) is 59.1 Å². The van der Waals surface area contributed by atoms with Gasteiger partial charge in [0.2, 0.25) is 0 Å². The number of rotatable bonds is 3. The van der Waals surface area contributed by atoms with Crippen LogP contribution in [0.1, 0.15) is 5.56 Å². The Morgan fingerprint density at radius 1 is 1.26 bits per heavy atom. The lowest BCUT2D eigenvalue weighted by Gasteiger charge is -2.08. The fraction of sp³-hybridized carbons (Fsp3) is 0.0833. The van der Waals surface area contributed by atoms with Crippen LogP contribution in [0.25, 0.3) is 0 Å². The third-order valence-electron chi connectivity index (χ3n) is 2.39. The van der Waals surface area contributed by atoms with Crippen LogP contribution in [-0.4, -0.2) is 13.4 Å². The molecule has 100 valence electrons. The molecule has 2 aromatic rings. The summed E-state index contributed by atoms with van der Waals surface area (Å²) in [6.45, 7) is 1.71. The number of benzene rings is 1. The van der Waals surface area contributed by atoms with Crippen molar-refractivity contribution >= 4 is 27.3 Å². The molecule has 0 aliphatic heterocycles. The van der Waals surface area contributed by atoms with Gasteiger partial charge in [0.15, 0.2) is 0 Å². The summed E-state index contributed by atoms with van der Waals surface area (Å²) in [5.74, 6) is -0.497. The van der Waals surface area contributed by atoms with Crippen LogP contribution in [0.3, 0.4) is 0 Å². The van der Waals surface area contributed by atoms with Crippen molar-refractivity contribution in [3.05, 3.63) is 53.1 Å². The normalized spacial score (nSPS) is 11.3. The summed E-state index contributed by atoms with van der Waals surface area (Å²) in [6, 6.07) is 6.11. The molecular formula is C12H10ClFN2O2S. The molecule has 0 saturated carbocycles. The van der Waals surface area contributed by atoms with E-state index in [9.17, 15) is 12.8 Å². The number of pyridine rings is 1. The van der Waals surface area contributed by atoms with Crippen LogP contribution in [-0.2, 0) is 10.0 Å². The number of nitrogens with zero attached hydrogens (tertiary/aromatic N) is 1. The number of sulfonamides is 1. The number of anilines is 1. The molecule has 2 rings (SSSR count). The van der Waals surface area contributed by atoms with E-state index in [2.05, 4.69) is 9.71 Å². The Labute approximate surface area is 115 Å². The van der Waals surface area contributed by atoms with Crippen molar-refractivity contribution in [1.29, 1.82) is 0 Å². The van der Waals surface area contributed by atoms with Crippen molar-refractivity contribution in [2.45, 2.75) is 11.8 Å². The maximum absolute atomic E-state index is 12.8. The largest absolute Gasteiger partial charge is 0.278 e. The lowest BCUT2D eigenvalue weighted by atomic mass is 10.3. The molecule has 0 unspecified atom stereocenters. The summed E-state index contributed by atoms with van der Waals surface area (Å²) < 4.78 is 39.1. The third-order valence-corrected chi connectivity index (χ3v) is 4.18. The fourth-order valence-electron chi connectivity index (χ4n) is 1.44. The molecule has 7 heteroatoms. The smallest absolute Gasteiger partial charge is 0.261 e. The second kappa shape index (κ2) is 5.14. The van der Waals surface area contributed by atoms with E-state index in [1.165, 1.54) is 18.3 Å². The summed E-state index contributed by atoms with van der Waals surface area (Å²) in [4.78, 5) is 3.82. The molecule has 0 atom stereocenters. The molecule has 0 saturated heterocycles. The zero-order valence-corrected chi connectivity index (χ0v) is 11.5. The molecule has 1 aromatic carbocycles. The molecule has 0 fully saturated rings. The molecule has 0 spiro atoms. The highest BCUT2D eigenvalue weighted by Gasteiger charge is 2.14. The van der Waals surface area contributed by atoms with Gasteiger partial charge in [-0.05, 0) is 42.8 Å². The van der Waals surface area contributed by atoms with E-state index in [-0.39, 0.29) is 4.90 Å². The molecule has 0 bridgehead atoms. The highest BCUT2D eigenvalue weighted by molar-refractivity contribution is 7.92. The Bertz CT molecular complexity index is 702. The van der Waals surface area contributed by atoms with Crippen LogP contribution in [0.5, 0.6) is 0 Å². The van der Waals surface area contributed by atoms with Gasteiger partial charge in [0.25, 0.3) is 10.0 Å². The molecular weight excluding hydrogens is 291 g/mol. The average Bonchev–Trinajstić information content (AvgIpc) is 2.34. The van der Waals surface area contributed by atoms with Gasteiger partial charge in [-0.15, -0.1) is 0 Å². The quantitative estimate of drug-likeness (QED) is 0.887. The predicted octanol–water partition coefficient (Wildman–Crippen LogP) is 2.98. The van der Waals surface area contributed by atoms with Gasteiger partial charge < -0.3 is 0 Å². The molecule has 0 radical (unpaired) electrons. The van der Waals surface area contributed by atoms with Crippen LogP contribution in [0.2, 0.25) is 5.15 Å². The molecule has 1 N–H and O–H groups in total. The molecule has 1 heterocycles. The Morgan fingerprint density at radius 2 is 1.89 bits per heavy atom. The molecule has 0 amide bonds. The van der Waals surface area contributed by atoms with E-state index >= 15 is 0 Å². The maximum Gasteiger partial charge on any atom is 0.261 e. The Morgan fingerprint density at radius 3 is 2.47 bits per heavy atom. The lowest BCUT2D eigenvalue weighted by Crippen LogP contribution is -2.13. The number of halogens is 2. The van der Waals surface area contributed by atoms with Crippen molar-refractivity contribution < 1.29 is 12.8 Å². The zero-order chi connectivity index (χ0) is 14.0. The van der Waals surface area contributed by atoms with Gasteiger partial charge in [-0.1, -0.05) is 11.6 Å². The number of aryl methyl sites for hydroxylation is 1. The van der Waals surface area contributed by atoms with Crippen LogP contribution < -0.4 is 4.72 Å². The zero-order valence-electron chi connectivity index (χ0n) is 9.89. The van der Waals surface area contributed by atoms with Crippen LogP contribution >= 0.6 is 11.6 Å². The minimum atomic E-state index is -3.76. The first-order chi connectivity index (χ1) is 8.88. The molecule has 1 aromatic heterocycles. The minimum Gasteiger partial charge on any atom is -0.278 e. The van der Waals surface area contributed by atoms with E-state index in [4.69, 9.17) is 11.6 Å². The third kappa shape index (κ3) is 3.21. The van der Waals surface area contributed by atoms with Crippen molar-refractivity contribution in [1.82, 2.24) is 4.98 Å². The summed E-state index contributed by atoms with van der Waals surface area (Å²) in [7, 11) is -3.76. The molecule has 19 heavy (non-hydrogen) atoms. The summed E-state index contributed by atoms with van der Waals surface area (Å²) >= 11 is 5.76. The van der Waals surface area contributed by atoms with E-state index in [1.807, 2.05) is 0 Å². The van der Waals surface area contributed by atoms with Gasteiger partial charge in [0.05, 0.1) is 16.8 Å².